The molecule has 1 aromatic heterocycles. The zero-order chi connectivity index (χ0) is 8.81. The van der Waals surface area contributed by atoms with E-state index < -0.39 is 0 Å². The minimum absolute atomic E-state index is 0.347. The van der Waals surface area contributed by atoms with E-state index in [1.807, 2.05) is 12.1 Å². The van der Waals surface area contributed by atoms with Gasteiger partial charge >= 0.3 is 0 Å². The fourth-order valence-corrected chi connectivity index (χ4v) is 0.992. The number of nitriles is 1. The highest BCUT2D eigenvalue weighted by Gasteiger charge is 2.00. The quantitative estimate of drug-likeness (QED) is 0.672. The second kappa shape index (κ2) is 4.47. The van der Waals surface area contributed by atoms with Gasteiger partial charge in [-0.2, -0.15) is 5.26 Å². The highest BCUT2D eigenvalue weighted by atomic mass is 16.5. The molecule has 12 heavy (non-hydrogen) atoms. The van der Waals surface area contributed by atoms with E-state index in [1.54, 1.807) is 13.3 Å². The number of pyridine rings is 1. The van der Waals surface area contributed by atoms with Crippen LogP contribution in [0.1, 0.15) is 11.3 Å². The summed E-state index contributed by atoms with van der Waals surface area (Å²) in [5, 5.41) is 8.48. The predicted octanol–water partition coefficient (Wildman–Crippen LogP) is 1.29. The monoisotopic (exact) mass is 162 g/mol. The largest absolute Gasteiger partial charge is 0.380 e. The number of nitrogens with zero attached hydrogens (tertiary/aromatic N) is 2. The van der Waals surface area contributed by atoms with Crippen LogP contribution in [-0.2, 0) is 17.8 Å². The van der Waals surface area contributed by atoms with Gasteiger partial charge in [0, 0.05) is 18.9 Å². The van der Waals surface area contributed by atoms with Gasteiger partial charge in [0.25, 0.3) is 0 Å². The number of ether oxygens (including phenoxy) is 1. The van der Waals surface area contributed by atoms with Crippen molar-refractivity contribution in [3.63, 3.8) is 0 Å². The first-order chi connectivity index (χ1) is 5.88. The molecule has 3 heteroatoms. The lowest BCUT2D eigenvalue weighted by Crippen LogP contribution is -1.97. The van der Waals surface area contributed by atoms with E-state index in [1.165, 1.54) is 0 Å². The topological polar surface area (TPSA) is 45.9 Å². The van der Waals surface area contributed by atoms with Crippen molar-refractivity contribution in [1.29, 1.82) is 5.26 Å². The first kappa shape index (κ1) is 8.69. The van der Waals surface area contributed by atoms with Crippen LogP contribution in [0.5, 0.6) is 0 Å². The van der Waals surface area contributed by atoms with Crippen LogP contribution in [-0.4, -0.2) is 12.1 Å². The summed E-state index contributed by atoms with van der Waals surface area (Å²) >= 11 is 0. The molecule has 0 fully saturated rings. The summed E-state index contributed by atoms with van der Waals surface area (Å²) in [6, 6.07) is 5.83. The van der Waals surface area contributed by atoms with Gasteiger partial charge < -0.3 is 4.74 Å². The Morgan fingerprint density at radius 1 is 1.67 bits per heavy atom. The summed E-state index contributed by atoms with van der Waals surface area (Å²) in [4.78, 5) is 4.08. The Kier molecular flexibility index (Phi) is 3.24. The van der Waals surface area contributed by atoms with Gasteiger partial charge in [-0.25, -0.2) is 0 Å². The molecule has 0 atom stereocenters. The van der Waals surface area contributed by atoms with E-state index in [2.05, 4.69) is 11.1 Å². The van der Waals surface area contributed by atoms with Gasteiger partial charge in [0.05, 0.1) is 24.8 Å². The minimum Gasteiger partial charge on any atom is -0.380 e. The molecule has 0 saturated carbocycles. The Morgan fingerprint density at radius 3 is 3.17 bits per heavy atom. The summed E-state index contributed by atoms with van der Waals surface area (Å²) in [6.45, 7) is 0.519. The van der Waals surface area contributed by atoms with Gasteiger partial charge in [0.15, 0.2) is 0 Å². The molecule has 0 N–H and O–H groups in total. The molecule has 0 bridgehead atoms. The number of hydrogen-bond acceptors (Lipinski definition) is 3. The number of hydrogen-bond donors (Lipinski definition) is 0. The molecule has 0 saturated heterocycles. The molecule has 0 aromatic carbocycles. The Hall–Kier alpha value is -1.40. The molecule has 0 aliphatic carbocycles. The van der Waals surface area contributed by atoms with Gasteiger partial charge in [0.2, 0.25) is 0 Å². The second-order valence-electron chi connectivity index (χ2n) is 2.38. The summed E-state index contributed by atoms with van der Waals surface area (Å²) in [5.41, 5.74) is 1.79. The molecule has 1 aromatic rings. The van der Waals surface area contributed by atoms with Crippen molar-refractivity contribution in [1.82, 2.24) is 4.98 Å². The smallest absolute Gasteiger partial charge is 0.0778 e. The van der Waals surface area contributed by atoms with Crippen molar-refractivity contribution in [2.24, 2.45) is 0 Å². The molecule has 1 heterocycles. The van der Waals surface area contributed by atoms with Crippen LogP contribution in [0.4, 0.5) is 0 Å². The van der Waals surface area contributed by atoms with E-state index in [9.17, 15) is 0 Å². The molecule has 0 spiro atoms. The van der Waals surface area contributed by atoms with Crippen molar-refractivity contribution in [2.45, 2.75) is 13.0 Å². The molecule has 0 amide bonds. The lowest BCUT2D eigenvalue weighted by atomic mass is 10.1. The van der Waals surface area contributed by atoms with Crippen molar-refractivity contribution in [2.75, 3.05) is 7.11 Å². The van der Waals surface area contributed by atoms with E-state index in [4.69, 9.17) is 10.00 Å². The van der Waals surface area contributed by atoms with Crippen molar-refractivity contribution >= 4 is 0 Å². The number of aromatic nitrogens is 1. The van der Waals surface area contributed by atoms with E-state index in [-0.39, 0.29) is 0 Å². The molecule has 0 aliphatic rings. The fraction of sp³-hybridized carbons (Fsp3) is 0.333. The maximum absolute atomic E-state index is 8.48. The lowest BCUT2D eigenvalue weighted by molar-refractivity contribution is 0.184. The lowest BCUT2D eigenvalue weighted by Gasteiger charge is -2.02. The average Bonchev–Trinajstić information content (AvgIpc) is 2.09. The molecule has 3 nitrogen and oxygen atoms in total. The summed E-state index contributed by atoms with van der Waals surface area (Å²) < 4.78 is 4.97. The standard InChI is InChI=1S/C9H10N2O/c1-12-7-8-3-2-6-11-9(8)4-5-10/h2-3,6H,4,7H2,1H3. The molecule has 1 rings (SSSR count). The third-order valence-electron chi connectivity index (χ3n) is 1.53. The fourth-order valence-electron chi connectivity index (χ4n) is 0.992. The molecule has 62 valence electrons. The van der Waals surface area contributed by atoms with Gasteiger partial charge in [-0.1, -0.05) is 6.07 Å². The molecule has 0 radical (unpaired) electrons. The normalized spacial score (nSPS) is 9.33. The van der Waals surface area contributed by atoms with Crippen LogP contribution in [0.25, 0.3) is 0 Å². The molecule has 0 aliphatic heterocycles. The van der Waals surface area contributed by atoms with Crippen LogP contribution in [0, 0.1) is 11.3 Å². The second-order valence-corrected chi connectivity index (χ2v) is 2.38. The minimum atomic E-state index is 0.347. The Balaban J connectivity index is 2.85. The van der Waals surface area contributed by atoms with Gasteiger partial charge in [-0.3, -0.25) is 4.98 Å². The Morgan fingerprint density at radius 2 is 2.50 bits per heavy atom. The van der Waals surface area contributed by atoms with Crippen molar-refractivity contribution in [3.8, 4) is 6.07 Å². The highest BCUT2D eigenvalue weighted by Crippen LogP contribution is 2.06. The highest BCUT2D eigenvalue weighted by molar-refractivity contribution is 5.21. The average molecular weight is 162 g/mol. The summed E-state index contributed by atoms with van der Waals surface area (Å²) in [6.07, 6.45) is 2.03. The van der Waals surface area contributed by atoms with E-state index in [0.29, 0.717) is 13.0 Å². The van der Waals surface area contributed by atoms with Crippen molar-refractivity contribution in [3.05, 3.63) is 29.6 Å². The maximum atomic E-state index is 8.48. The van der Waals surface area contributed by atoms with Crippen LogP contribution < -0.4 is 0 Å². The molecular weight excluding hydrogens is 152 g/mol. The Labute approximate surface area is 71.6 Å². The van der Waals surface area contributed by atoms with Crippen LogP contribution >= 0.6 is 0 Å². The van der Waals surface area contributed by atoms with E-state index >= 15 is 0 Å². The van der Waals surface area contributed by atoms with Gasteiger partial charge in [-0.05, 0) is 6.07 Å². The maximum Gasteiger partial charge on any atom is 0.0778 e. The van der Waals surface area contributed by atoms with Gasteiger partial charge in [0.1, 0.15) is 0 Å². The number of methoxy groups -OCH3 is 1. The van der Waals surface area contributed by atoms with Gasteiger partial charge in [-0.15, -0.1) is 0 Å². The Bertz CT molecular complexity index is 291. The first-order valence-electron chi connectivity index (χ1n) is 3.67. The van der Waals surface area contributed by atoms with Crippen molar-refractivity contribution < 1.29 is 4.74 Å². The third-order valence-corrected chi connectivity index (χ3v) is 1.53. The summed E-state index contributed by atoms with van der Waals surface area (Å²) in [5.74, 6) is 0. The van der Waals surface area contributed by atoms with Crippen LogP contribution in [0.15, 0.2) is 18.3 Å². The predicted molar refractivity (Wildman–Crippen MR) is 44.3 cm³/mol. The zero-order valence-corrected chi connectivity index (χ0v) is 6.95. The van der Waals surface area contributed by atoms with E-state index in [0.717, 1.165) is 11.3 Å². The zero-order valence-electron chi connectivity index (χ0n) is 6.95. The third kappa shape index (κ3) is 2.04. The first-order valence-corrected chi connectivity index (χ1v) is 3.67. The number of rotatable bonds is 3. The van der Waals surface area contributed by atoms with Crippen LogP contribution in [0.2, 0.25) is 0 Å². The van der Waals surface area contributed by atoms with Crippen LogP contribution in [0.3, 0.4) is 0 Å². The molecular formula is C9H10N2O. The summed E-state index contributed by atoms with van der Waals surface area (Å²) in [7, 11) is 1.63. The SMILES string of the molecule is COCc1cccnc1CC#N. The molecule has 0 unspecified atom stereocenters.